The molecule has 4 nitrogen and oxygen atoms in total. The molecule has 0 aliphatic rings. The van der Waals surface area contributed by atoms with Crippen molar-refractivity contribution in [1.29, 1.82) is 0 Å². The van der Waals surface area contributed by atoms with Gasteiger partial charge in [-0.2, -0.15) is 0 Å². The van der Waals surface area contributed by atoms with E-state index in [1.807, 2.05) is 0 Å². The normalized spacial score (nSPS) is 9.50. The van der Waals surface area contributed by atoms with Gasteiger partial charge in [-0.15, -0.1) is 0 Å². The summed E-state index contributed by atoms with van der Waals surface area (Å²) < 4.78 is 5.02. The molecule has 1 aromatic rings. The summed E-state index contributed by atoms with van der Waals surface area (Å²) in [6.07, 6.45) is 0. The third kappa shape index (κ3) is 2.90. The number of primary amides is 1. The number of benzene rings is 1. The summed E-state index contributed by atoms with van der Waals surface area (Å²) in [5, 5.41) is 0. The Bertz CT molecular complexity index is 343. The van der Waals surface area contributed by atoms with Crippen molar-refractivity contribution < 1.29 is 14.3 Å². The molecular formula is C10H11NO3. The fourth-order valence-corrected chi connectivity index (χ4v) is 0.940. The summed E-state index contributed by atoms with van der Waals surface area (Å²) in [4.78, 5) is 21.3. The van der Waals surface area contributed by atoms with Crippen molar-refractivity contribution in [3.05, 3.63) is 29.8 Å². The molecule has 1 rings (SSSR count). The van der Waals surface area contributed by atoms with E-state index in [1.54, 1.807) is 24.3 Å². The highest BCUT2D eigenvalue weighted by Gasteiger charge is 2.00. The van der Waals surface area contributed by atoms with Gasteiger partial charge in [0.05, 0.1) is 0 Å². The van der Waals surface area contributed by atoms with Gasteiger partial charge >= 0.3 is 0 Å². The van der Waals surface area contributed by atoms with Gasteiger partial charge in [0, 0.05) is 5.56 Å². The van der Waals surface area contributed by atoms with E-state index in [4.69, 9.17) is 10.5 Å². The molecular weight excluding hydrogens is 182 g/mol. The molecule has 2 N–H and O–H groups in total. The Morgan fingerprint density at radius 2 is 1.86 bits per heavy atom. The van der Waals surface area contributed by atoms with Gasteiger partial charge in [0.2, 0.25) is 0 Å². The molecule has 0 fully saturated rings. The molecule has 0 aliphatic heterocycles. The molecule has 0 aliphatic carbocycles. The van der Waals surface area contributed by atoms with Gasteiger partial charge in [-0.1, -0.05) is 0 Å². The lowest BCUT2D eigenvalue weighted by atomic mass is 10.1. The minimum Gasteiger partial charge on any atom is -0.484 e. The summed E-state index contributed by atoms with van der Waals surface area (Å²) in [5.74, 6) is -0.0131. The maximum atomic E-state index is 10.9. The van der Waals surface area contributed by atoms with Crippen LogP contribution in [0.4, 0.5) is 0 Å². The average molecular weight is 193 g/mol. The molecule has 1 amide bonds. The quantitative estimate of drug-likeness (QED) is 0.717. The third-order valence-electron chi connectivity index (χ3n) is 1.64. The van der Waals surface area contributed by atoms with E-state index >= 15 is 0 Å². The second kappa shape index (κ2) is 4.41. The second-order valence-electron chi connectivity index (χ2n) is 2.84. The van der Waals surface area contributed by atoms with Crippen LogP contribution >= 0.6 is 0 Å². The second-order valence-corrected chi connectivity index (χ2v) is 2.84. The zero-order chi connectivity index (χ0) is 10.6. The fourth-order valence-electron chi connectivity index (χ4n) is 0.940. The first-order chi connectivity index (χ1) is 6.59. The van der Waals surface area contributed by atoms with Gasteiger partial charge in [0.1, 0.15) is 5.75 Å². The van der Waals surface area contributed by atoms with E-state index in [0.29, 0.717) is 11.3 Å². The lowest BCUT2D eigenvalue weighted by molar-refractivity contribution is -0.119. The van der Waals surface area contributed by atoms with Crippen molar-refractivity contribution in [1.82, 2.24) is 0 Å². The number of nitrogens with two attached hydrogens (primary N) is 1. The zero-order valence-corrected chi connectivity index (χ0v) is 7.82. The summed E-state index contributed by atoms with van der Waals surface area (Å²) in [6.45, 7) is 1.33. The van der Waals surface area contributed by atoms with Gasteiger partial charge in [-0.05, 0) is 31.2 Å². The van der Waals surface area contributed by atoms with Crippen LogP contribution in [0.2, 0.25) is 0 Å². The molecule has 0 atom stereocenters. The molecule has 4 heteroatoms. The number of carbonyl (C=O) groups excluding carboxylic acids is 2. The zero-order valence-electron chi connectivity index (χ0n) is 7.82. The van der Waals surface area contributed by atoms with Gasteiger partial charge in [-0.3, -0.25) is 9.59 Å². The maximum absolute atomic E-state index is 10.9. The van der Waals surface area contributed by atoms with Gasteiger partial charge < -0.3 is 10.5 Å². The number of ether oxygens (including phenoxy) is 1. The van der Waals surface area contributed by atoms with Crippen LogP contribution < -0.4 is 10.5 Å². The van der Waals surface area contributed by atoms with Crippen molar-refractivity contribution in [3.63, 3.8) is 0 Å². The summed E-state index contributed by atoms with van der Waals surface area (Å²) in [5.41, 5.74) is 5.51. The first kappa shape index (κ1) is 10.2. The Morgan fingerprint density at radius 3 is 2.29 bits per heavy atom. The van der Waals surface area contributed by atoms with Crippen LogP contribution in [-0.4, -0.2) is 18.3 Å². The smallest absolute Gasteiger partial charge is 0.255 e. The van der Waals surface area contributed by atoms with Crippen LogP contribution in [-0.2, 0) is 4.79 Å². The number of hydrogen-bond donors (Lipinski definition) is 1. The topological polar surface area (TPSA) is 69.4 Å². The van der Waals surface area contributed by atoms with Gasteiger partial charge in [0.25, 0.3) is 5.91 Å². The number of ketones is 1. The van der Waals surface area contributed by atoms with Crippen LogP contribution in [0.3, 0.4) is 0 Å². The number of carbonyl (C=O) groups is 2. The highest BCUT2D eigenvalue weighted by molar-refractivity contribution is 5.94. The van der Waals surface area contributed by atoms with Crippen LogP contribution in [0.15, 0.2) is 24.3 Å². The van der Waals surface area contributed by atoms with E-state index < -0.39 is 5.91 Å². The minimum absolute atomic E-state index is 0.00792. The number of Topliss-reactive ketones (excluding diaryl/α,β-unsaturated/α-hetero) is 1. The summed E-state index contributed by atoms with van der Waals surface area (Å²) >= 11 is 0. The molecule has 0 aromatic heterocycles. The largest absolute Gasteiger partial charge is 0.484 e. The van der Waals surface area contributed by atoms with Crippen molar-refractivity contribution in [3.8, 4) is 5.75 Å². The molecule has 0 spiro atoms. The Balaban J connectivity index is 2.64. The third-order valence-corrected chi connectivity index (χ3v) is 1.64. The van der Waals surface area contributed by atoms with Crippen LogP contribution in [0, 0.1) is 0 Å². The SMILES string of the molecule is CC(=O)c1ccc(OCC(N)=O)cc1. The van der Waals surface area contributed by atoms with Crippen molar-refractivity contribution in [2.24, 2.45) is 5.73 Å². The Labute approximate surface area is 81.7 Å². The Morgan fingerprint density at radius 1 is 1.29 bits per heavy atom. The predicted molar refractivity (Wildman–Crippen MR) is 51.1 cm³/mol. The molecule has 0 unspecified atom stereocenters. The van der Waals surface area contributed by atoms with Crippen molar-refractivity contribution >= 4 is 11.7 Å². The number of rotatable bonds is 4. The van der Waals surface area contributed by atoms with Crippen LogP contribution in [0.25, 0.3) is 0 Å². The molecule has 0 saturated heterocycles. The number of hydrogen-bond acceptors (Lipinski definition) is 3. The van der Waals surface area contributed by atoms with Crippen molar-refractivity contribution in [2.75, 3.05) is 6.61 Å². The monoisotopic (exact) mass is 193 g/mol. The maximum Gasteiger partial charge on any atom is 0.255 e. The van der Waals surface area contributed by atoms with Gasteiger partial charge in [-0.25, -0.2) is 0 Å². The predicted octanol–water partition coefficient (Wildman–Crippen LogP) is 0.753. The highest BCUT2D eigenvalue weighted by Crippen LogP contribution is 2.12. The molecule has 74 valence electrons. The standard InChI is InChI=1S/C10H11NO3/c1-7(12)8-2-4-9(5-3-8)14-6-10(11)13/h2-5H,6H2,1H3,(H2,11,13). The minimum atomic E-state index is -0.527. The summed E-state index contributed by atoms with van der Waals surface area (Å²) in [6, 6.07) is 6.52. The van der Waals surface area contributed by atoms with E-state index in [0.717, 1.165) is 0 Å². The molecule has 0 bridgehead atoms. The molecule has 0 saturated carbocycles. The van der Waals surface area contributed by atoms with E-state index in [9.17, 15) is 9.59 Å². The fraction of sp³-hybridized carbons (Fsp3) is 0.200. The average Bonchev–Trinajstić information content (AvgIpc) is 2.15. The van der Waals surface area contributed by atoms with Crippen LogP contribution in [0.5, 0.6) is 5.75 Å². The molecule has 1 aromatic carbocycles. The molecule has 0 radical (unpaired) electrons. The summed E-state index contributed by atoms with van der Waals surface area (Å²) in [7, 11) is 0. The van der Waals surface area contributed by atoms with E-state index in [2.05, 4.69) is 0 Å². The Hall–Kier alpha value is -1.84. The first-order valence-electron chi connectivity index (χ1n) is 4.11. The van der Waals surface area contributed by atoms with E-state index in [1.165, 1.54) is 6.92 Å². The lowest BCUT2D eigenvalue weighted by Gasteiger charge is -2.03. The highest BCUT2D eigenvalue weighted by atomic mass is 16.5. The Kier molecular flexibility index (Phi) is 3.23. The first-order valence-corrected chi connectivity index (χ1v) is 4.11. The lowest BCUT2D eigenvalue weighted by Crippen LogP contribution is -2.19. The molecule has 14 heavy (non-hydrogen) atoms. The van der Waals surface area contributed by atoms with Gasteiger partial charge in [0.15, 0.2) is 12.4 Å². The van der Waals surface area contributed by atoms with Crippen molar-refractivity contribution in [2.45, 2.75) is 6.92 Å². The van der Waals surface area contributed by atoms with E-state index in [-0.39, 0.29) is 12.4 Å². The molecule has 0 heterocycles. The number of amides is 1. The van der Waals surface area contributed by atoms with Crippen LogP contribution in [0.1, 0.15) is 17.3 Å².